The Hall–Kier alpha value is -0.870. The van der Waals surface area contributed by atoms with Crippen molar-refractivity contribution >= 4 is 0 Å². The normalized spacial score (nSPS) is 16.8. The van der Waals surface area contributed by atoms with Crippen molar-refractivity contribution in [3.63, 3.8) is 0 Å². The molecule has 4 nitrogen and oxygen atoms in total. The van der Waals surface area contributed by atoms with Crippen molar-refractivity contribution in [1.82, 2.24) is 20.0 Å². The van der Waals surface area contributed by atoms with Crippen LogP contribution < -0.4 is 5.32 Å². The van der Waals surface area contributed by atoms with Crippen LogP contribution in [0.1, 0.15) is 42.6 Å². The summed E-state index contributed by atoms with van der Waals surface area (Å²) in [5.74, 6) is 0. The number of aryl methyl sites for hydroxylation is 2. The standard InChI is InChI=1S/C16H30N4/c1-14-16(15(2)19(3)18-14)8-7-9-17-10-13-20-11-5-4-6-12-20/h17H,4-13H2,1-3H3. The van der Waals surface area contributed by atoms with Crippen molar-refractivity contribution in [2.45, 2.75) is 46.0 Å². The predicted octanol–water partition coefficient (Wildman–Crippen LogP) is 2.05. The third kappa shape index (κ3) is 4.32. The molecule has 1 fully saturated rings. The second-order valence-corrected chi connectivity index (χ2v) is 6.03. The molecule has 0 atom stereocenters. The van der Waals surface area contributed by atoms with Gasteiger partial charge in [0.15, 0.2) is 0 Å². The molecule has 1 N–H and O–H groups in total. The number of rotatable bonds is 7. The Morgan fingerprint density at radius 2 is 1.85 bits per heavy atom. The number of piperidine rings is 1. The van der Waals surface area contributed by atoms with E-state index in [-0.39, 0.29) is 0 Å². The van der Waals surface area contributed by atoms with Gasteiger partial charge >= 0.3 is 0 Å². The van der Waals surface area contributed by atoms with Crippen LogP contribution in [0.3, 0.4) is 0 Å². The topological polar surface area (TPSA) is 33.1 Å². The summed E-state index contributed by atoms with van der Waals surface area (Å²) < 4.78 is 1.99. The number of hydrogen-bond donors (Lipinski definition) is 1. The number of nitrogens with one attached hydrogen (secondary N) is 1. The maximum Gasteiger partial charge on any atom is 0.0628 e. The first kappa shape index (κ1) is 15.5. The van der Waals surface area contributed by atoms with Crippen molar-refractivity contribution in [3.8, 4) is 0 Å². The van der Waals surface area contributed by atoms with E-state index in [1.807, 2.05) is 11.7 Å². The summed E-state index contributed by atoms with van der Waals surface area (Å²) >= 11 is 0. The molecule has 0 unspecified atom stereocenters. The molecule has 20 heavy (non-hydrogen) atoms. The van der Waals surface area contributed by atoms with Crippen LogP contribution in [0.25, 0.3) is 0 Å². The Balaban J connectivity index is 1.57. The summed E-state index contributed by atoms with van der Waals surface area (Å²) in [6, 6.07) is 0. The third-order valence-electron chi connectivity index (χ3n) is 4.49. The lowest BCUT2D eigenvalue weighted by Gasteiger charge is -2.26. The molecule has 0 spiro atoms. The van der Waals surface area contributed by atoms with Crippen LogP contribution in [-0.4, -0.2) is 47.4 Å². The molecular weight excluding hydrogens is 248 g/mol. The summed E-state index contributed by atoms with van der Waals surface area (Å²) in [7, 11) is 2.03. The molecule has 114 valence electrons. The van der Waals surface area contributed by atoms with Gasteiger partial charge in [-0.15, -0.1) is 0 Å². The quantitative estimate of drug-likeness (QED) is 0.775. The summed E-state index contributed by atoms with van der Waals surface area (Å²) in [4.78, 5) is 2.59. The number of aromatic nitrogens is 2. The van der Waals surface area contributed by atoms with Crippen molar-refractivity contribution in [1.29, 1.82) is 0 Å². The van der Waals surface area contributed by atoms with Gasteiger partial charge in [0.2, 0.25) is 0 Å². The van der Waals surface area contributed by atoms with E-state index in [4.69, 9.17) is 0 Å². The molecular formula is C16H30N4. The van der Waals surface area contributed by atoms with Gasteiger partial charge in [-0.25, -0.2) is 0 Å². The van der Waals surface area contributed by atoms with Crippen LogP contribution in [-0.2, 0) is 13.5 Å². The van der Waals surface area contributed by atoms with E-state index < -0.39 is 0 Å². The average Bonchev–Trinajstić information content (AvgIpc) is 2.69. The van der Waals surface area contributed by atoms with Crippen LogP contribution in [0.2, 0.25) is 0 Å². The summed E-state index contributed by atoms with van der Waals surface area (Å²) in [6.45, 7) is 10.3. The van der Waals surface area contributed by atoms with Gasteiger partial charge in [-0.2, -0.15) is 5.10 Å². The first-order chi connectivity index (χ1) is 9.68. The monoisotopic (exact) mass is 278 g/mol. The molecule has 1 saturated heterocycles. The fraction of sp³-hybridized carbons (Fsp3) is 0.812. The molecule has 0 aliphatic carbocycles. The maximum atomic E-state index is 4.48. The minimum atomic E-state index is 1.11. The zero-order chi connectivity index (χ0) is 14.4. The van der Waals surface area contributed by atoms with E-state index >= 15 is 0 Å². The molecule has 1 aromatic rings. The highest BCUT2D eigenvalue weighted by atomic mass is 15.3. The lowest BCUT2D eigenvalue weighted by atomic mass is 10.1. The fourth-order valence-electron chi connectivity index (χ4n) is 3.11. The van der Waals surface area contributed by atoms with E-state index in [0.717, 1.165) is 19.5 Å². The van der Waals surface area contributed by atoms with Crippen molar-refractivity contribution in [2.24, 2.45) is 7.05 Å². The van der Waals surface area contributed by atoms with E-state index in [2.05, 4.69) is 29.2 Å². The summed E-state index contributed by atoms with van der Waals surface area (Å²) in [5, 5.41) is 8.06. The number of likely N-dealkylation sites (tertiary alicyclic amines) is 1. The highest BCUT2D eigenvalue weighted by Crippen LogP contribution is 2.13. The molecule has 1 aliphatic rings. The van der Waals surface area contributed by atoms with E-state index in [9.17, 15) is 0 Å². The van der Waals surface area contributed by atoms with Gasteiger partial charge < -0.3 is 10.2 Å². The Bertz CT molecular complexity index is 405. The highest BCUT2D eigenvalue weighted by Gasteiger charge is 2.10. The summed E-state index contributed by atoms with van der Waals surface area (Å²) in [5.41, 5.74) is 3.94. The van der Waals surface area contributed by atoms with Crippen LogP contribution in [0.5, 0.6) is 0 Å². The van der Waals surface area contributed by atoms with Gasteiger partial charge in [0.1, 0.15) is 0 Å². The SMILES string of the molecule is Cc1nn(C)c(C)c1CCCNCCN1CCCCC1. The minimum absolute atomic E-state index is 1.11. The average molecular weight is 278 g/mol. The molecule has 2 heterocycles. The Morgan fingerprint density at radius 3 is 2.50 bits per heavy atom. The zero-order valence-electron chi connectivity index (χ0n) is 13.4. The fourth-order valence-corrected chi connectivity index (χ4v) is 3.11. The van der Waals surface area contributed by atoms with Gasteiger partial charge in [0, 0.05) is 25.8 Å². The van der Waals surface area contributed by atoms with E-state index in [1.165, 1.54) is 62.3 Å². The molecule has 0 amide bonds. The largest absolute Gasteiger partial charge is 0.315 e. The molecule has 2 rings (SSSR count). The second kappa shape index (κ2) is 7.79. The van der Waals surface area contributed by atoms with Crippen molar-refractivity contribution in [3.05, 3.63) is 17.0 Å². The molecule has 4 heteroatoms. The lowest BCUT2D eigenvalue weighted by molar-refractivity contribution is 0.229. The molecule has 1 aliphatic heterocycles. The number of nitrogens with zero attached hydrogens (tertiary/aromatic N) is 3. The highest BCUT2D eigenvalue weighted by molar-refractivity contribution is 5.24. The second-order valence-electron chi connectivity index (χ2n) is 6.03. The van der Waals surface area contributed by atoms with E-state index in [0.29, 0.717) is 0 Å². The van der Waals surface area contributed by atoms with Crippen molar-refractivity contribution in [2.75, 3.05) is 32.7 Å². The van der Waals surface area contributed by atoms with Gasteiger partial charge in [0.25, 0.3) is 0 Å². The van der Waals surface area contributed by atoms with Crippen LogP contribution in [0.4, 0.5) is 0 Å². The Kier molecular flexibility index (Phi) is 6.05. The van der Waals surface area contributed by atoms with Crippen molar-refractivity contribution < 1.29 is 0 Å². The maximum absolute atomic E-state index is 4.48. The van der Waals surface area contributed by atoms with Gasteiger partial charge in [0.05, 0.1) is 5.69 Å². The Labute approximate surface area is 123 Å². The molecule has 0 saturated carbocycles. The van der Waals surface area contributed by atoms with E-state index in [1.54, 1.807) is 0 Å². The molecule has 0 aromatic carbocycles. The van der Waals surface area contributed by atoms with Gasteiger partial charge in [-0.05, 0) is 64.7 Å². The molecule has 1 aromatic heterocycles. The van der Waals surface area contributed by atoms with Gasteiger partial charge in [-0.3, -0.25) is 4.68 Å². The zero-order valence-corrected chi connectivity index (χ0v) is 13.4. The smallest absolute Gasteiger partial charge is 0.0628 e. The van der Waals surface area contributed by atoms with Crippen LogP contribution in [0.15, 0.2) is 0 Å². The first-order valence-corrected chi connectivity index (χ1v) is 8.10. The minimum Gasteiger partial charge on any atom is -0.315 e. The third-order valence-corrected chi connectivity index (χ3v) is 4.49. The Morgan fingerprint density at radius 1 is 1.10 bits per heavy atom. The van der Waals surface area contributed by atoms with Crippen LogP contribution >= 0.6 is 0 Å². The predicted molar refractivity (Wildman–Crippen MR) is 84.2 cm³/mol. The van der Waals surface area contributed by atoms with Gasteiger partial charge in [-0.1, -0.05) is 6.42 Å². The molecule has 0 radical (unpaired) electrons. The summed E-state index contributed by atoms with van der Waals surface area (Å²) in [6.07, 6.45) is 6.54. The van der Waals surface area contributed by atoms with Crippen LogP contribution in [0, 0.1) is 13.8 Å². The number of hydrogen-bond acceptors (Lipinski definition) is 3. The molecule has 0 bridgehead atoms. The lowest BCUT2D eigenvalue weighted by Crippen LogP contribution is -2.36. The first-order valence-electron chi connectivity index (χ1n) is 8.10.